The van der Waals surface area contributed by atoms with E-state index < -0.39 is 26.6 Å². The fraction of sp³-hybridized carbons (Fsp3) is 0.780. The smallest absolute Gasteiger partial charge is 0.268 e. The van der Waals surface area contributed by atoms with Crippen molar-refractivity contribution in [3.63, 3.8) is 0 Å². The number of nitrogens with zero attached hydrogens (tertiary/aromatic N) is 1. The number of phosphoric ester groups is 1. The molecule has 3 unspecified atom stereocenters. The predicted octanol–water partition coefficient (Wildman–Crippen LogP) is 16.5. The van der Waals surface area contributed by atoms with Gasteiger partial charge in [0.05, 0.1) is 39.9 Å². The molecular weight excluding hydrogens is 864 g/mol. The Balaban J connectivity index is 4.26. The van der Waals surface area contributed by atoms with Crippen molar-refractivity contribution in [2.24, 2.45) is 0 Å². The summed E-state index contributed by atoms with van der Waals surface area (Å²) in [5.41, 5.74) is 0. The Labute approximate surface area is 421 Å². The first-order chi connectivity index (χ1) is 33.0. The van der Waals surface area contributed by atoms with Gasteiger partial charge in [0.1, 0.15) is 13.2 Å². The van der Waals surface area contributed by atoms with Crippen LogP contribution in [0.2, 0.25) is 0 Å². The molecule has 0 aliphatic carbocycles. The fourth-order valence-corrected chi connectivity index (χ4v) is 8.73. The van der Waals surface area contributed by atoms with Crippen LogP contribution in [0.4, 0.5) is 0 Å². The number of hydrogen-bond acceptors (Lipinski definition) is 6. The van der Waals surface area contributed by atoms with E-state index in [1.165, 1.54) is 148 Å². The van der Waals surface area contributed by atoms with E-state index in [1.54, 1.807) is 6.08 Å². The number of allylic oxidation sites excluding steroid dienone is 11. The van der Waals surface area contributed by atoms with Crippen molar-refractivity contribution in [2.45, 2.75) is 257 Å². The van der Waals surface area contributed by atoms with Crippen molar-refractivity contribution < 1.29 is 32.9 Å². The highest BCUT2D eigenvalue weighted by Crippen LogP contribution is 2.38. The van der Waals surface area contributed by atoms with Gasteiger partial charge in [0, 0.05) is 6.42 Å². The van der Waals surface area contributed by atoms with Crippen molar-refractivity contribution in [1.29, 1.82) is 0 Å². The summed E-state index contributed by atoms with van der Waals surface area (Å²) in [5.74, 6) is -0.229. The molecule has 0 fully saturated rings. The number of likely N-dealkylation sites (N-methyl/N-ethyl adjacent to an activating group) is 1. The van der Waals surface area contributed by atoms with E-state index >= 15 is 0 Å². The number of aliphatic hydroxyl groups is 1. The Bertz CT molecular complexity index is 1330. The van der Waals surface area contributed by atoms with Gasteiger partial charge in [-0.1, -0.05) is 247 Å². The van der Waals surface area contributed by atoms with Crippen LogP contribution in [0.15, 0.2) is 72.9 Å². The van der Waals surface area contributed by atoms with Crippen molar-refractivity contribution in [2.75, 3.05) is 40.9 Å². The SMILES string of the molecule is CC/C=C\C/C=C\C/C=C\C/C=C\C/C=C\CCCCCC(=O)NC(COP(=O)([O-])OCC[N+](C)(C)C)C(O)/C=C/CCCCCCCCCCCCCCCCCCCCCCCCCCC. The molecule has 0 aromatic heterocycles. The lowest BCUT2D eigenvalue weighted by molar-refractivity contribution is -0.870. The van der Waals surface area contributed by atoms with Gasteiger partial charge in [0.25, 0.3) is 7.82 Å². The normalized spacial score (nSPS) is 14.5. The lowest BCUT2D eigenvalue weighted by Crippen LogP contribution is -2.45. The third kappa shape index (κ3) is 51.8. The Morgan fingerprint density at radius 2 is 0.897 bits per heavy atom. The number of nitrogens with one attached hydrogen (secondary N) is 1. The van der Waals surface area contributed by atoms with Gasteiger partial charge < -0.3 is 28.8 Å². The van der Waals surface area contributed by atoms with Crippen LogP contribution < -0.4 is 10.2 Å². The molecule has 9 heteroatoms. The number of hydrogen-bond donors (Lipinski definition) is 2. The molecule has 0 saturated heterocycles. The Hall–Kier alpha value is -2.06. The molecule has 68 heavy (non-hydrogen) atoms. The van der Waals surface area contributed by atoms with E-state index in [0.717, 1.165) is 70.6 Å². The van der Waals surface area contributed by atoms with E-state index in [-0.39, 0.29) is 12.5 Å². The standard InChI is InChI=1S/C59H109N2O6P/c1-6-8-10-12-14-16-18-20-22-24-26-27-28-29-30-31-32-33-35-36-38-40-42-44-46-48-50-52-58(62)57(56-67-68(64,65)66-55-54-61(3,4)5)60-59(63)53-51-49-47-45-43-41-39-37-34-25-23-21-19-17-15-13-11-9-7-2/h9,11,15,17,21,23,34,37,41,43,50,52,57-58,62H,6-8,10,12-14,16,18-20,22,24-33,35-36,38-40,42,44-49,51,53-56H2,1-5H3,(H-,60,63,64,65)/b11-9-,17-15-,23-21-,37-34-,43-41-,52-50+. The zero-order chi connectivity index (χ0) is 49.9. The van der Waals surface area contributed by atoms with E-state index in [2.05, 4.69) is 79.9 Å². The van der Waals surface area contributed by atoms with Crippen molar-refractivity contribution >= 4 is 13.7 Å². The molecule has 3 atom stereocenters. The van der Waals surface area contributed by atoms with Gasteiger partial charge in [0.15, 0.2) is 0 Å². The molecule has 1 amide bonds. The minimum absolute atomic E-state index is 0.0109. The number of unbranched alkanes of at least 4 members (excludes halogenated alkanes) is 28. The first-order valence-electron chi connectivity index (χ1n) is 28.3. The molecule has 0 rings (SSSR count). The van der Waals surface area contributed by atoms with E-state index in [1.807, 2.05) is 27.2 Å². The molecule has 396 valence electrons. The molecule has 0 aliphatic heterocycles. The molecular formula is C59H109N2O6P. The van der Waals surface area contributed by atoms with Gasteiger partial charge >= 0.3 is 0 Å². The van der Waals surface area contributed by atoms with E-state index in [0.29, 0.717) is 23.9 Å². The van der Waals surface area contributed by atoms with Crippen molar-refractivity contribution in [3.8, 4) is 0 Å². The largest absolute Gasteiger partial charge is 0.756 e. The van der Waals surface area contributed by atoms with Gasteiger partial charge in [-0.3, -0.25) is 9.36 Å². The number of amides is 1. The first kappa shape index (κ1) is 65.9. The monoisotopic (exact) mass is 973 g/mol. The summed E-state index contributed by atoms with van der Waals surface area (Å²) in [6.07, 6.45) is 68.4. The highest BCUT2D eigenvalue weighted by Gasteiger charge is 2.23. The van der Waals surface area contributed by atoms with E-state index in [4.69, 9.17) is 9.05 Å². The molecule has 0 radical (unpaired) electrons. The van der Waals surface area contributed by atoms with E-state index in [9.17, 15) is 19.4 Å². The molecule has 0 heterocycles. The molecule has 8 nitrogen and oxygen atoms in total. The summed E-state index contributed by atoms with van der Waals surface area (Å²) in [6, 6.07) is -0.909. The van der Waals surface area contributed by atoms with Crippen LogP contribution >= 0.6 is 7.82 Å². The van der Waals surface area contributed by atoms with Crippen LogP contribution in [0.5, 0.6) is 0 Å². The highest BCUT2D eigenvalue weighted by atomic mass is 31.2. The molecule has 0 spiro atoms. The maximum absolute atomic E-state index is 12.9. The Morgan fingerprint density at radius 3 is 1.31 bits per heavy atom. The maximum atomic E-state index is 12.9. The number of carbonyl (C=O) groups excluding carboxylic acids is 1. The van der Waals surface area contributed by atoms with Crippen LogP contribution in [0, 0.1) is 0 Å². The second-order valence-electron chi connectivity index (χ2n) is 20.3. The van der Waals surface area contributed by atoms with Crippen molar-refractivity contribution in [3.05, 3.63) is 72.9 Å². The summed E-state index contributed by atoms with van der Waals surface area (Å²) >= 11 is 0. The summed E-state index contributed by atoms with van der Waals surface area (Å²) in [7, 11) is 1.23. The third-order valence-corrected chi connectivity index (χ3v) is 13.4. The summed E-state index contributed by atoms with van der Waals surface area (Å²) in [5, 5.41) is 13.9. The summed E-state index contributed by atoms with van der Waals surface area (Å²) < 4.78 is 23.3. The number of rotatable bonds is 51. The average molecular weight is 974 g/mol. The zero-order valence-corrected chi connectivity index (χ0v) is 45.9. The van der Waals surface area contributed by atoms with Crippen LogP contribution in [0.1, 0.15) is 245 Å². The molecule has 0 aromatic rings. The van der Waals surface area contributed by atoms with Crippen LogP contribution in [-0.2, 0) is 18.4 Å². The van der Waals surface area contributed by atoms with Crippen molar-refractivity contribution in [1.82, 2.24) is 5.32 Å². The highest BCUT2D eigenvalue weighted by molar-refractivity contribution is 7.45. The van der Waals surface area contributed by atoms with Crippen LogP contribution in [-0.4, -0.2) is 68.5 Å². The van der Waals surface area contributed by atoms with Crippen LogP contribution in [0.3, 0.4) is 0 Å². The van der Waals surface area contributed by atoms with Gasteiger partial charge in [0.2, 0.25) is 5.91 Å². The molecule has 0 aromatic carbocycles. The maximum Gasteiger partial charge on any atom is 0.268 e. The summed E-state index contributed by atoms with van der Waals surface area (Å²) in [4.78, 5) is 25.5. The number of phosphoric acid groups is 1. The Morgan fingerprint density at radius 1 is 0.529 bits per heavy atom. The molecule has 0 bridgehead atoms. The van der Waals surface area contributed by atoms with Gasteiger partial charge in [-0.05, 0) is 64.2 Å². The fourth-order valence-electron chi connectivity index (χ4n) is 8.00. The third-order valence-electron chi connectivity index (χ3n) is 12.4. The van der Waals surface area contributed by atoms with Crippen LogP contribution in [0.25, 0.3) is 0 Å². The number of aliphatic hydroxyl groups excluding tert-OH is 1. The molecule has 0 saturated carbocycles. The zero-order valence-electron chi connectivity index (χ0n) is 45.0. The number of quaternary nitrogens is 1. The minimum atomic E-state index is -4.61. The lowest BCUT2D eigenvalue weighted by atomic mass is 10.0. The molecule has 2 N–H and O–H groups in total. The number of carbonyl (C=O) groups is 1. The lowest BCUT2D eigenvalue weighted by Gasteiger charge is -2.29. The second kappa shape index (κ2) is 49.9. The minimum Gasteiger partial charge on any atom is -0.756 e. The second-order valence-corrected chi connectivity index (χ2v) is 21.7. The van der Waals surface area contributed by atoms with Gasteiger partial charge in [-0.2, -0.15) is 0 Å². The summed E-state index contributed by atoms with van der Waals surface area (Å²) in [6.45, 7) is 4.52. The topological polar surface area (TPSA) is 108 Å². The van der Waals surface area contributed by atoms with Gasteiger partial charge in [-0.25, -0.2) is 0 Å². The predicted molar refractivity (Wildman–Crippen MR) is 293 cm³/mol. The van der Waals surface area contributed by atoms with Gasteiger partial charge in [-0.15, -0.1) is 0 Å². The Kier molecular flexibility index (Phi) is 48.4. The quantitative estimate of drug-likeness (QED) is 0.0272. The average Bonchev–Trinajstić information content (AvgIpc) is 3.30. The first-order valence-corrected chi connectivity index (χ1v) is 29.8. The molecule has 0 aliphatic rings.